The van der Waals surface area contributed by atoms with Gasteiger partial charge in [0.15, 0.2) is 6.29 Å². The molecule has 0 aromatic carbocycles. The Morgan fingerprint density at radius 3 is 1.47 bits per heavy atom. The number of hydrogen-bond donors (Lipinski definition) is 1. The van der Waals surface area contributed by atoms with E-state index < -0.39 is 12.4 Å². The Morgan fingerprint density at radius 1 is 0.562 bits per heavy atom. The standard InChI is InChI=1S/C29H56O3/c1-4-6-8-10-12-13-14-15-16-17-18-19-20-21-23-25-27-32-29(28(3)30)31-26-24-22-11-9-7-5-2/h12-13,15-16,28-30H,4-11,14,17-27H2,1-3H3/b13-12-,16-15-. The molecule has 2 unspecified atom stereocenters. The third kappa shape index (κ3) is 24.0. The number of allylic oxidation sites excluding steroid dienone is 4. The van der Waals surface area contributed by atoms with Crippen molar-refractivity contribution in [1.29, 1.82) is 0 Å². The molecule has 190 valence electrons. The van der Waals surface area contributed by atoms with Crippen LogP contribution >= 0.6 is 0 Å². The van der Waals surface area contributed by atoms with Gasteiger partial charge in [0.25, 0.3) is 0 Å². The van der Waals surface area contributed by atoms with Crippen molar-refractivity contribution in [3.8, 4) is 0 Å². The third-order valence-corrected chi connectivity index (χ3v) is 5.80. The molecule has 0 spiro atoms. The summed E-state index contributed by atoms with van der Waals surface area (Å²) in [5.41, 5.74) is 0. The lowest BCUT2D eigenvalue weighted by Crippen LogP contribution is -2.30. The first-order chi connectivity index (χ1) is 15.7. The average molecular weight is 453 g/mol. The SMILES string of the molecule is CCCCC/C=C\C/C=C\CCCCCCCCOC(OCCCCCCCC)C(C)O. The van der Waals surface area contributed by atoms with Crippen LogP contribution in [0, 0.1) is 0 Å². The number of unbranched alkanes of at least 4 members (excludes halogenated alkanes) is 14. The fourth-order valence-electron chi connectivity index (χ4n) is 3.70. The largest absolute Gasteiger partial charge is 0.388 e. The maximum absolute atomic E-state index is 9.86. The second kappa shape index (κ2) is 26.6. The molecule has 0 aromatic heterocycles. The summed E-state index contributed by atoms with van der Waals surface area (Å²) in [5, 5.41) is 9.86. The Balaban J connectivity index is 3.46. The van der Waals surface area contributed by atoms with E-state index in [1.54, 1.807) is 6.92 Å². The van der Waals surface area contributed by atoms with Crippen molar-refractivity contribution in [2.75, 3.05) is 13.2 Å². The maximum atomic E-state index is 9.86. The molecule has 0 aromatic rings. The van der Waals surface area contributed by atoms with Gasteiger partial charge in [-0.2, -0.15) is 0 Å². The van der Waals surface area contributed by atoms with E-state index in [1.165, 1.54) is 96.3 Å². The van der Waals surface area contributed by atoms with Gasteiger partial charge in [0.05, 0.1) is 0 Å². The average Bonchev–Trinajstić information content (AvgIpc) is 2.78. The van der Waals surface area contributed by atoms with Crippen LogP contribution in [0.25, 0.3) is 0 Å². The van der Waals surface area contributed by atoms with E-state index in [-0.39, 0.29) is 0 Å². The van der Waals surface area contributed by atoms with E-state index in [2.05, 4.69) is 38.2 Å². The lowest BCUT2D eigenvalue weighted by molar-refractivity contribution is -0.190. The highest BCUT2D eigenvalue weighted by atomic mass is 16.7. The van der Waals surface area contributed by atoms with E-state index >= 15 is 0 Å². The summed E-state index contributed by atoms with van der Waals surface area (Å²) in [4.78, 5) is 0. The van der Waals surface area contributed by atoms with Crippen molar-refractivity contribution in [2.45, 2.75) is 149 Å². The van der Waals surface area contributed by atoms with Crippen molar-refractivity contribution in [1.82, 2.24) is 0 Å². The highest BCUT2D eigenvalue weighted by Gasteiger charge is 2.15. The van der Waals surface area contributed by atoms with Crippen LogP contribution in [-0.4, -0.2) is 30.7 Å². The fraction of sp³-hybridized carbons (Fsp3) is 0.862. The van der Waals surface area contributed by atoms with Crippen LogP contribution in [0.15, 0.2) is 24.3 Å². The van der Waals surface area contributed by atoms with E-state index in [0.717, 1.165) is 19.3 Å². The minimum atomic E-state index is -0.570. The van der Waals surface area contributed by atoms with Crippen molar-refractivity contribution >= 4 is 0 Å². The molecule has 0 saturated heterocycles. The second-order valence-corrected chi connectivity index (χ2v) is 9.20. The minimum Gasteiger partial charge on any atom is -0.388 e. The smallest absolute Gasteiger partial charge is 0.183 e. The Kier molecular flexibility index (Phi) is 26.1. The molecule has 3 heteroatoms. The van der Waals surface area contributed by atoms with E-state index in [4.69, 9.17) is 9.47 Å². The van der Waals surface area contributed by atoms with Gasteiger partial charge in [-0.15, -0.1) is 0 Å². The Bertz CT molecular complexity index is 403. The van der Waals surface area contributed by atoms with Gasteiger partial charge in [0.2, 0.25) is 0 Å². The van der Waals surface area contributed by atoms with Crippen LogP contribution in [-0.2, 0) is 9.47 Å². The number of aliphatic hydroxyl groups is 1. The van der Waals surface area contributed by atoms with Crippen LogP contribution < -0.4 is 0 Å². The monoisotopic (exact) mass is 452 g/mol. The van der Waals surface area contributed by atoms with E-state index in [9.17, 15) is 5.11 Å². The predicted octanol–water partition coefficient (Wildman–Crippen LogP) is 8.90. The lowest BCUT2D eigenvalue weighted by Gasteiger charge is -2.21. The predicted molar refractivity (Wildman–Crippen MR) is 140 cm³/mol. The molecule has 0 bridgehead atoms. The number of aliphatic hydroxyl groups excluding tert-OH is 1. The fourth-order valence-corrected chi connectivity index (χ4v) is 3.70. The summed E-state index contributed by atoms with van der Waals surface area (Å²) in [7, 11) is 0. The van der Waals surface area contributed by atoms with Crippen LogP contribution in [0.3, 0.4) is 0 Å². The van der Waals surface area contributed by atoms with Crippen molar-refractivity contribution < 1.29 is 14.6 Å². The van der Waals surface area contributed by atoms with Crippen molar-refractivity contribution in [2.24, 2.45) is 0 Å². The summed E-state index contributed by atoms with van der Waals surface area (Å²) < 4.78 is 11.5. The molecule has 3 nitrogen and oxygen atoms in total. The zero-order chi connectivity index (χ0) is 23.5. The molecule has 0 saturated carbocycles. The zero-order valence-corrected chi connectivity index (χ0v) is 21.9. The maximum Gasteiger partial charge on any atom is 0.183 e. The van der Waals surface area contributed by atoms with Gasteiger partial charge >= 0.3 is 0 Å². The molecule has 2 atom stereocenters. The van der Waals surface area contributed by atoms with Gasteiger partial charge in [-0.1, -0.05) is 109 Å². The van der Waals surface area contributed by atoms with Crippen LogP contribution in [0.2, 0.25) is 0 Å². The Morgan fingerprint density at radius 2 is 0.969 bits per heavy atom. The van der Waals surface area contributed by atoms with E-state index in [0.29, 0.717) is 13.2 Å². The van der Waals surface area contributed by atoms with E-state index in [1.807, 2.05) is 0 Å². The van der Waals surface area contributed by atoms with Gasteiger partial charge in [-0.05, 0) is 51.9 Å². The second-order valence-electron chi connectivity index (χ2n) is 9.20. The van der Waals surface area contributed by atoms with Gasteiger partial charge in [-0.3, -0.25) is 0 Å². The van der Waals surface area contributed by atoms with Crippen LogP contribution in [0.5, 0.6) is 0 Å². The molecular weight excluding hydrogens is 396 g/mol. The highest BCUT2D eigenvalue weighted by Crippen LogP contribution is 2.11. The zero-order valence-electron chi connectivity index (χ0n) is 21.9. The lowest BCUT2D eigenvalue weighted by atomic mass is 10.1. The Hall–Kier alpha value is -0.640. The van der Waals surface area contributed by atoms with Gasteiger partial charge in [0.1, 0.15) is 6.10 Å². The topological polar surface area (TPSA) is 38.7 Å². The van der Waals surface area contributed by atoms with Crippen LogP contribution in [0.4, 0.5) is 0 Å². The van der Waals surface area contributed by atoms with Crippen molar-refractivity contribution in [3.63, 3.8) is 0 Å². The summed E-state index contributed by atoms with van der Waals surface area (Å²) in [6.45, 7) is 7.61. The minimum absolute atomic E-state index is 0.469. The number of rotatable bonds is 25. The normalized spacial score (nSPS) is 14.0. The number of hydrogen-bond acceptors (Lipinski definition) is 3. The van der Waals surface area contributed by atoms with Crippen molar-refractivity contribution in [3.05, 3.63) is 24.3 Å². The van der Waals surface area contributed by atoms with Gasteiger partial charge in [0, 0.05) is 13.2 Å². The molecule has 0 fully saturated rings. The molecule has 0 rings (SSSR count). The van der Waals surface area contributed by atoms with Crippen LogP contribution in [0.1, 0.15) is 136 Å². The summed E-state index contributed by atoms with van der Waals surface area (Å²) >= 11 is 0. The quantitative estimate of drug-likeness (QED) is 0.0853. The van der Waals surface area contributed by atoms with Gasteiger partial charge in [-0.25, -0.2) is 0 Å². The molecule has 32 heavy (non-hydrogen) atoms. The molecule has 0 heterocycles. The molecule has 0 aliphatic heterocycles. The Labute approximate surface area is 201 Å². The first-order valence-corrected chi connectivity index (χ1v) is 13.9. The molecular formula is C29H56O3. The molecule has 1 N–H and O–H groups in total. The molecule has 0 radical (unpaired) electrons. The first kappa shape index (κ1) is 31.4. The van der Waals surface area contributed by atoms with Gasteiger partial charge < -0.3 is 14.6 Å². The summed E-state index contributed by atoms with van der Waals surface area (Å²) in [6, 6.07) is 0. The third-order valence-electron chi connectivity index (χ3n) is 5.80. The molecule has 0 aliphatic carbocycles. The molecule has 0 aliphatic rings. The highest BCUT2D eigenvalue weighted by molar-refractivity contribution is 4.92. The summed E-state index contributed by atoms with van der Waals surface area (Å²) in [6.07, 6.45) is 30.7. The molecule has 0 amide bonds. The first-order valence-electron chi connectivity index (χ1n) is 13.9. The number of ether oxygens (including phenoxy) is 2. The summed E-state index contributed by atoms with van der Waals surface area (Å²) in [5.74, 6) is 0.